The highest BCUT2D eigenvalue weighted by molar-refractivity contribution is 7.89. The van der Waals surface area contributed by atoms with Crippen molar-refractivity contribution in [2.24, 2.45) is 5.92 Å². The zero-order valence-corrected chi connectivity index (χ0v) is 14.1. The Morgan fingerprint density at radius 3 is 2.39 bits per heavy atom. The lowest BCUT2D eigenvalue weighted by molar-refractivity contribution is -0.139. The van der Waals surface area contributed by atoms with E-state index >= 15 is 0 Å². The summed E-state index contributed by atoms with van der Waals surface area (Å²) in [5.41, 5.74) is -0.129. The van der Waals surface area contributed by atoms with Crippen LogP contribution < -0.4 is 4.72 Å². The molecule has 0 spiro atoms. The first-order valence-electron chi connectivity index (χ1n) is 7.20. The predicted molar refractivity (Wildman–Crippen MR) is 83.6 cm³/mol. The molecule has 1 aromatic rings. The normalized spacial score (nSPS) is 12.9. The maximum atomic E-state index is 12.5. The van der Waals surface area contributed by atoms with Crippen molar-refractivity contribution in [3.8, 4) is 0 Å². The standard InChI is InChI=1S/C15H21NO6S/c1-4-22-15(19)11-7-5-6-8-13(11)23(20,21)16-12(14(17)18)9-10(2)3/h5-8,10,12,16H,4,9H2,1-3H3,(H,17,18)/t12-/m0/s1. The van der Waals surface area contributed by atoms with Crippen molar-refractivity contribution >= 4 is 22.0 Å². The molecule has 1 rings (SSSR count). The number of esters is 1. The minimum atomic E-state index is -4.18. The fourth-order valence-electron chi connectivity index (χ4n) is 2.00. The summed E-state index contributed by atoms with van der Waals surface area (Å²) in [6, 6.07) is 4.26. The van der Waals surface area contributed by atoms with E-state index in [9.17, 15) is 23.1 Å². The molecule has 0 radical (unpaired) electrons. The summed E-state index contributed by atoms with van der Waals surface area (Å²) in [4.78, 5) is 22.8. The molecule has 0 bridgehead atoms. The molecule has 0 heterocycles. The second kappa shape index (κ2) is 8.07. The summed E-state index contributed by atoms with van der Waals surface area (Å²) in [6.07, 6.45) is 0.135. The van der Waals surface area contributed by atoms with Gasteiger partial charge >= 0.3 is 11.9 Å². The summed E-state index contributed by atoms with van der Waals surface area (Å²) < 4.78 is 31.9. The van der Waals surface area contributed by atoms with Crippen molar-refractivity contribution in [1.29, 1.82) is 0 Å². The van der Waals surface area contributed by atoms with Gasteiger partial charge in [-0.25, -0.2) is 13.2 Å². The van der Waals surface area contributed by atoms with Crippen molar-refractivity contribution in [2.75, 3.05) is 6.61 Å². The second-order valence-corrected chi connectivity index (χ2v) is 7.04. The number of carbonyl (C=O) groups excluding carboxylic acids is 1. The zero-order chi connectivity index (χ0) is 17.6. The topological polar surface area (TPSA) is 110 Å². The van der Waals surface area contributed by atoms with Gasteiger partial charge < -0.3 is 9.84 Å². The summed E-state index contributed by atoms with van der Waals surface area (Å²) in [5, 5.41) is 9.18. The van der Waals surface area contributed by atoms with Gasteiger partial charge in [-0.1, -0.05) is 26.0 Å². The van der Waals surface area contributed by atoms with Crippen LogP contribution in [0, 0.1) is 5.92 Å². The maximum Gasteiger partial charge on any atom is 0.339 e. The molecule has 1 aromatic carbocycles. The first-order valence-corrected chi connectivity index (χ1v) is 8.68. The number of rotatable bonds is 8. The fourth-order valence-corrected chi connectivity index (χ4v) is 3.40. The molecule has 1 atom stereocenters. The molecular formula is C15H21NO6S. The van der Waals surface area contributed by atoms with Crippen LogP contribution >= 0.6 is 0 Å². The third-order valence-corrected chi connectivity index (χ3v) is 4.50. The molecule has 2 N–H and O–H groups in total. The van der Waals surface area contributed by atoms with Crippen LogP contribution in [-0.4, -0.2) is 38.1 Å². The number of nitrogens with one attached hydrogen (secondary N) is 1. The zero-order valence-electron chi connectivity index (χ0n) is 13.3. The van der Waals surface area contributed by atoms with Gasteiger partial charge in [-0.3, -0.25) is 4.79 Å². The average Bonchev–Trinajstić information content (AvgIpc) is 2.46. The number of benzene rings is 1. The lowest BCUT2D eigenvalue weighted by Gasteiger charge is -2.17. The fraction of sp³-hybridized carbons (Fsp3) is 0.467. The first kappa shape index (κ1) is 19.1. The molecule has 23 heavy (non-hydrogen) atoms. The highest BCUT2D eigenvalue weighted by atomic mass is 32.2. The lowest BCUT2D eigenvalue weighted by atomic mass is 10.1. The third kappa shape index (κ3) is 5.33. The quantitative estimate of drug-likeness (QED) is 0.694. The van der Waals surface area contributed by atoms with Gasteiger partial charge in [0, 0.05) is 0 Å². The van der Waals surface area contributed by atoms with E-state index in [4.69, 9.17) is 4.74 Å². The molecule has 0 aromatic heterocycles. The molecule has 0 amide bonds. The molecule has 0 unspecified atom stereocenters. The van der Waals surface area contributed by atoms with Crippen LogP contribution in [0.5, 0.6) is 0 Å². The van der Waals surface area contributed by atoms with E-state index in [0.29, 0.717) is 0 Å². The lowest BCUT2D eigenvalue weighted by Crippen LogP contribution is -2.42. The Hall–Kier alpha value is -1.93. The summed E-state index contributed by atoms with van der Waals surface area (Å²) in [6.45, 7) is 5.29. The van der Waals surface area contributed by atoms with E-state index in [1.807, 2.05) is 0 Å². The van der Waals surface area contributed by atoms with Gasteiger partial charge in [-0.2, -0.15) is 4.72 Å². The molecule has 128 valence electrons. The van der Waals surface area contributed by atoms with Gasteiger partial charge in [-0.15, -0.1) is 0 Å². The van der Waals surface area contributed by atoms with Gasteiger partial charge in [0.1, 0.15) is 6.04 Å². The number of aliphatic carboxylic acids is 1. The van der Waals surface area contributed by atoms with Crippen LogP contribution in [0.3, 0.4) is 0 Å². The molecule has 8 heteroatoms. The van der Waals surface area contributed by atoms with E-state index in [2.05, 4.69) is 4.72 Å². The van der Waals surface area contributed by atoms with Crippen LogP contribution in [0.25, 0.3) is 0 Å². The number of carbonyl (C=O) groups is 2. The van der Waals surface area contributed by atoms with E-state index in [-0.39, 0.29) is 29.4 Å². The summed E-state index contributed by atoms with van der Waals surface area (Å²) in [5.74, 6) is -2.06. The molecule has 0 saturated carbocycles. The Labute approximate surface area is 135 Å². The van der Waals surface area contributed by atoms with E-state index in [0.717, 1.165) is 0 Å². The van der Waals surface area contributed by atoms with Crippen LogP contribution in [0.2, 0.25) is 0 Å². The minimum absolute atomic E-state index is 0.0147. The third-order valence-electron chi connectivity index (χ3n) is 2.97. The van der Waals surface area contributed by atoms with Crippen molar-refractivity contribution in [1.82, 2.24) is 4.72 Å². The van der Waals surface area contributed by atoms with Crippen molar-refractivity contribution in [3.05, 3.63) is 29.8 Å². The predicted octanol–water partition coefficient (Wildman–Crippen LogP) is 1.64. The largest absolute Gasteiger partial charge is 0.480 e. The number of sulfonamides is 1. The van der Waals surface area contributed by atoms with E-state index < -0.39 is 28.0 Å². The molecule has 0 saturated heterocycles. The molecule has 0 fully saturated rings. The Kier molecular flexibility index (Phi) is 6.71. The van der Waals surface area contributed by atoms with Gasteiger partial charge in [0.2, 0.25) is 10.0 Å². The van der Waals surface area contributed by atoms with Gasteiger partial charge in [-0.05, 0) is 31.4 Å². The van der Waals surface area contributed by atoms with Crippen LogP contribution in [0.15, 0.2) is 29.2 Å². The highest BCUT2D eigenvalue weighted by Crippen LogP contribution is 2.18. The average molecular weight is 343 g/mol. The van der Waals surface area contributed by atoms with Gasteiger partial charge in [0.15, 0.2) is 0 Å². The first-order chi connectivity index (χ1) is 10.7. The summed E-state index contributed by atoms with van der Waals surface area (Å²) in [7, 11) is -4.18. The Balaban J connectivity index is 3.18. The van der Waals surface area contributed by atoms with Gasteiger partial charge in [0.05, 0.1) is 17.1 Å². The smallest absolute Gasteiger partial charge is 0.339 e. The molecule has 7 nitrogen and oxygen atoms in total. The van der Waals surface area contributed by atoms with Crippen LogP contribution in [0.4, 0.5) is 0 Å². The SMILES string of the molecule is CCOC(=O)c1ccccc1S(=O)(=O)N[C@@H](CC(C)C)C(=O)O. The summed E-state index contributed by atoms with van der Waals surface area (Å²) >= 11 is 0. The van der Waals surface area contributed by atoms with Crippen LogP contribution in [-0.2, 0) is 19.6 Å². The highest BCUT2D eigenvalue weighted by Gasteiger charge is 2.29. The Morgan fingerprint density at radius 2 is 1.87 bits per heavy atom. The van der Waals surface area contributed by atoms with E-state index in [1.165, 1.54) is 24.3 Å². The minimum Gasteiger partial charge on any atom is -0.480 e. The molecular weight excluding hydrogens is 322 g/mol. The number of hydrogen-bond acceptors (Lipinski definition) is 5. The van der Waals surface area contributed by atoms with Gasteiger partial charge in [0.25, 0.3) is 0 Å². The number of carboxylic acid groups (broad SMARTS) is 1. The van der Waals surface area contributed by atoms with E-state index in [1.54, 1.807) is 20.8 Å². The van der Waals surface area contributed by atoms with Crippen molar-refractivity contribution < 1.29 is 27.9 Å². The molecule has 0 aliphatic rings. The maximum absolute atomic E-state index is 12.5. The molecule has 0 aliphatic carbocycles. The van der Waals surface area contributed by atoms with Crippen molar-refractivity contribution in [3.63, 3.8) is 0 Å². The van der Waals surface area contributed by atoms with Crippen LogP contribution in [0.1, 0.15) is 37.6 Å². The second-order valence-electron chi connectivity index (χ2n) is 5.36. The Bertz CT molecular complexity index is 668. The number of ether oxygens (including phenoxy) is 1. The number of hydrogen-bond donors (Lipinski definition) is 2. The monoisotopic (exact) mass is 343 g/mol. The number of carboxylic acids is 1. The van der Waals surface area contributed by atoms with Crippen molar-refractivity contribution in [2.45, 2.75) is 38.1 Å². The molecule has 0 aliphatic heterocycles. The Morgan fingerprint density at radius 1 is 1.26 bits per heavy atom.